The summed E-state index contributed by atoms with van der Waals surface area (Å²) in [4.78, 5) is 8.46. The molecule has 1 aliphatic carbocycles. The first-order valence-corrected chi connectivity index (χ1v) is 9.06. The molecule has 3 N–H and O–H groups in total. The van der Waals surface area contributed by atoms with E-state index >= 15 is 0 Å². The van der Waals surface area contributed by atoms with Gasteiger partial charge in [0.2, 0.25) is 0 Å². The molecule has 27 heavy (non-hydrogen) atoms. The maximum absolute atomic E-state index is 14.7. The Morgan fingerprint density at radius 1 is 1.22 bits per heavy atom. The fourth-order valence-electron chi connectivity index (χ4n) is 3.95. The van der Waals surface area contributed by atoms with Gasteiger partial charge in [-0.1, -0.05) is 0 Å². The molecule has 2 heterocycles. The molecule has 1 saturated carbocycles. The van der Waals surface area contributed by atoms with E-state index in [4.69, 9.17) is 10.5 Å². The second kappa shape index (κ2) is 6.48. The molecule has 0 saturated heterocycles. The van der Waals surface area contributed by atoms with Gasteiger partial charge < -0.3 is 15.8 Å². The van der Waals surface area contributed by atoms with E-state index in [2.05, 4.69) is 15.3 Å². The molecule has 1 unspecified atom stereocenters. The highest BCUT2D eigenvalue weighted by atomic mass is 19.1. The van der Waals surface area contributed by atoms with Gasteiger partial charge in [0.15, 0.2) is 0 Å². The lowest BCUT2D eigenvalue weighted by Gasteiger charge is -2.48. The van der Waals surface area contributed by atoms with Crippen LogP contribution in [0.3, 0.4) is 0 Å². The molecule has 1 fully saturated rings. The fourth-order valence-corrected chi connectivity index (χ4v) is 3.95. The lowest BCUT2D eigenvalue weighted by atomic mass is 9.69. The van der Waals surface area contributed by atoms with Gasteiger partial charge in [-0.3, -0.25) is 4.98 Å². The average molecular weight is 372 g/mol. The minimum atomic E-state index is -0.779. The standard InChI is InChI=1S/C20H22F2N4O/c1-19(12-20(7-2-8-20)27-18(23)26-19)16-9-14(5-6-17(16)22)25-11-15-4-3-13(21)10-24-15/h3-6,9-10,25H,2,7-8,11-12H2,1H3,(H2,23,26). The molecule has 0 radical (unpaired) electrons. The molecule has 1 aliphatic heterocycles. The van der Waals surface area contributed by atoms with E-state index in [1.54, 1.807) is 18.2 Å². The van der Waals surface area contributed by atoms with E-state index in [-0.39, 0.29) is 23.3 Å². The Hall–Kier alpha value is -2.70. The van der Waals surface area contributed by atoms with Gasteiger partial charge in [-0.05, 0) is 56.5 Å². The van der Waals surface area contributed by atoms with Crippen molar-refractivity contribution in [3.05, 3.63) is 59.4 Å². The minimum Gasteiger partial charge on any atom is -0.459 e. The number of amidine groups is 1. The Kier molecular flexibility index (Phi) is 4.25. The summed E-state index contributed by atoms with van der Waals surface area (Å²) < 4.78 is 33.4. The van der Waals surface area contributed by atoms with E-state index in [9.17, 15) is 8.78 Å². The summed E-state index contributed by atoms with van der Waals surface area (Å²) in [6.45, 7) is 2.30. The summed E-state index contributed by atoms with van der Waals surface area (Å²) in [7, 11) is 0. The van der Waals surface area contributed by atoms with Gasteiger partial charge in [0, 0.05) is 17.7 Å². The van der Waals surface area contributed by atoms with Crippen LogP contribution >= 0.6 is 0 Å². The van der Waals surface area contributed by atoms with Gasteiger partial charge in [0.25, 0.3) is 6.02 Å². The second-order valence-electron chi connectivity index (χ2n) is 7.56. The molecule has 1 spiro atoms. The Balaban J connectivity index is 1.58. The summed E-state index contributed by atoms with van der Waals surface area (Å²) in [5, 5.41) is 3.20. The molecule has 2 aromatic rings. The van der Waals surface area contributed by atoms with Crippen LogP contribution in [0.15, 0.2) is 41.5 Å². The first-order valence-electron chi connectivity index (χ1n) is 9.06. The smallest absolute Gasteiger partial charge is 0.283 e. The van der Waals surface area contributed by atoms with Crippen molar-refractivity contribution in [1.29, 1.82) is 0 Å². The van der Waals surface area contributed by atoms with Crippen LogP contribution in [-0.4, -0.2) is 16.6 Å². The molecule has 4 rings (SSSR count). The van der Waals surface area contributed by atoms with Crippen LogP contribution in [0.25, 0.3) is 0 Å². The van der Waals surface area contributed by atoms with Gasteiger partial charge in [0.05, 0.1) is 24.0 Å². The van der Waals surface area contributed by atoms with Crippen LogP contribution in [0.4, 0.5) is 14.5 Å². The van der Waals surface area contributed by atoms with Crippen LogP contribution in [0.2, 0.25) is 0 Å². The lowest BCUT2D eigenvalue weighted by molar-refractivity contribution is -0.0583. The fraction of sp³-hybridized carbons (Fsp3) is 0.400. The SMILES string of the molecule is CC1(c2cc(NCc3ccc(F)cn3)ccc2F)CC2(CCC2)OC(N)=N1. The van der Waals surface area contributed by atoms with Gasteiger partial charge in [-0.25, -0.2) is 13.8 Å². The third-order valence-electron chi connectivity index (χ3n) is 5.42. The highest BCUT2D eigenvalue weighted by molar-refractivity contribution is 5.74. The van der Waals surface area contributed by atoms with E-state index in [1.807, 2.05) is 6.92 Å². The Morgan fingerprint density at radius 3 is 2.70 bits per heavy atom. The van der Waals surface area contributed by atoms with Crippen molar-refractivity contribution < 1.29 is 13.5 Å². The third kappa shape index (κ3) is 3.46. The number of pyridine rings is 1. The van der Waals surface area contributed by atoms with Crippen molar-refractivity contribution in [2.75, 3.05) is 5.32 Å². The number of ether oxygens (including phenoxy) is 1. The molecule has 0 bridgehead atoms. The van der Waals surface area contributed by atoms with Crippen molar-refractivity contribution in [2.24, 2.45) is 10.7 Å². The highest BCUT2D eigenvalue weighted by Gasteiger charge is 2.50. The molecule has 1 aromatic heterocycles. The second-order valence-corrected chi connectivity index (χ2v) is 7.56. The number of hydrogen-bond acceptors (Lipinski definition) is 5. The Labute approximate surface area is 156 Å². The normalized spacial score (nSPS) is 23.3. The number of nitrogens with zero attached hydrogens (tertiary/aromatic N) is 2. The predicted octanol–water partition coefficient (Wildman–Crippen LogP) is 3.84. The number of anilines is 1. The largest absolute Gasteiger partial charge is 0.459 e. The van der Waals surface area contributed by atoms with Crippen LogP contribution in [0, 0.1) is 11.6 Å². The van der Waals surface area contributed by atoms with E-state index in [0.717, 1.165) is 24.9 Å². The zero-order valence-electron chi connectivity index (χ0n) is 15.1. The number of hydrogen-bond donors (Lipinski definition) is 2. The Morgan fingerprint density at radius 2 is 2.04 bits per heavy atom. The van der Waals surface area contributed by atoms with Crippen LogP contribution in [0.1, 0.15) is 43.9 Å². The maximum Gasteiger partial charge on any atom is 0.283 e. The molecule has 142 valence electrons. The first kappa shape index (κ1) is 17.7. The molecule has 1 aromatic carbocycles. The molecular weight excluding hydrogens is 350 g/mol. The number of rotatable bonds is 4. The molecule has 7 heteroatoms. The first-order chi connectivity index (χ1) is 12.9. The lowest BCUT2D eigenvalue weighted by Crippen LogP contribution is -2.52. The topological polar surface area (TPSA) is 72.5 Å². The van der Waals surface area contributed by atoms with Crippen LogP contribution in [-0.2, 0) is 16.8 Å². The number of aromatic nitrogens is 1. The number of benzene rings is 1. The molecule has 0 amide bonds. The molecular formula is C20H22F2N4O. The maximum atomic E-state index is 14.7. The highest BCUT2D eigenvalue weighted by Crippen LogP contribution is 2.49. The van der Waals surface area contributed by atoms with Crippen LogP contribution in [0.5, 0.6) is 0 Å². The average Bonchev–Trinajstić information content (AvgIpc) is 2.60. The monoisotopic (exact) mass is 372 g/mol. The molecule has 5 nitrogen and oxygen atoms in total. The summed E-state index contributed by atoms with van der Waals surface area (Å²) >= 11 is 0. The Bertz CT molecular complexity index is 880. The van der Waals surface area contributed by atoms with E-state index in [0.29, 0.717) is 24.2 Å². The van der Waals surface area contributed by atoms with Crippen molar-refractivity contribution in [3.8, 4) is 0 Å². The summed E-state index contributed by atoms with van der Waals surface area (Å²) in [6, 6.07) is 7.94. The van der Waals surface area contributed by atoms with Crippen molar-refractivity contribution in [3.63, 3.8) is 0 Å². The quantitative estimate of drug-likeness (QED) is 0.855. The van der Waals surface area contributed by atoms with Gasteiger partial charge >= 0.3 is 0 Å². The van der Waals surface area contributed by atoms with Gasteiger partial charge in [-0.15, -0.1) is 0 Å². The van der Waals surface area contributed by atoms with Crippen LogP contribution < -0.4 is 11.1 Å². The molecule has 1 atom stereocenters. The van der Waals surface area contributed by atoms with Crippen molar-refractivity contribution in [1.82, 2.24) is 4.98 Å². The van der Waals surface area contributed by atoms with Gasteiger partial charge in [-0.2, -0.15) is 0 Å². The number of aliphatic imine (C=N–C) groups is 1. The summed E-state index contributed by atoms with van der Waals surface area (Å²) in [5.41, 5.74) is 6.73. The van der Waals surface area contributed by atoms with E-state index < -0.39 is 5.54 Å². The third-order valence-corrected chi connectivity index (χ3v) is 5.42. The summed E-state index contributed by atoms with van der Waals surface area (Å²) in [6.07, 6.45) is 4.67. The number of halogens is 2. The predicted molar refractivity (Wildman–Crippen MR) is 99.2 cm³/mol. The van der Waals surface area contributed by atoms with E-state index in [1.165, 1.54) is 18.3 Å². The van der Waals surface area contributed by atoms with Crippen molar-refractivity contribution in [2.45, 2.75) is 50.3 Å². The minimum absolute atomic E-state index is 0.122. The van der Waals surface area contributed by atoms with Gasteiger partial charge in [0.1, 0.15) is 17.2 Å². The zero-order chi connectivity index (χ0) is 19.1. The summed E-state index contributed by atoms with van der Waals surface area (Å²) in [5.74, 6) is -0.702. The zero-order valence-corrected chi connectivity index (χ0v) is 15.1. The number of nitrogens with one attached hydrogen (secondary N) is 1. The number of nitrogens with two attached hydrogens (primary N) is 1. The van der Waals surface area contributed by atoms with Crippen molar-refractivity contribution >= 4 is 11.7 Å². The molecule has 2 aliphatic rings.